The Morgan fingerprint density at radius 1 is 0.389 bits per heavy atom. The lowest BCUT2D eigenvalue weighted by Gasteiger charge is -2.26. The molecule has 518 valence electrons. The summed E-state index contributed by atoms with van der Waals surface area (Å²) in [6.45, 7) is 4.77. The van der Waals surface area contributed by atoms with Crippen LogP contribution in [0.3, 0.4) is 0 Å². The molecule has 3 atom stereocenters. The Hall–Kier alpha value is -3.36. The molecule has 0 saturated carbocycles. The van der Waals surface area contributed by atoms with Gasteiger partial charge in [-0.05, 0) is 96.3 Å². The topological polar surface area (TPSA) is 105 Å². The number of aliphatic hydroxyl groups excluding tert-OH is 1. The molecule has 90 heavy (non-hydrogen) atoms. The van der Waals surface area contributed by atoms with E-state index in [4.69, 9.17) is 9.05 Å². The van der Waals surface area contributed by atoms with Crippen LogP contribution in [-0.2, 0) is 18.4 Å². The lowest BCUT2D eigenvalue weighted by Crippen LogP contribution is -2.46. The fourth-order valence-electron chi connectivity index (χ4n) is 10.6. The third kappa shape index (κ3) is 72.1. The van der Waals surface area contributed by atoms with Crippen LogP contribution in [0.15, 0.2) is 134 Å². The van der Waals surface area contributed by atoms with Gasteiger partial charge in [0.2, 0.25) is 5.91 Å². The van der Waals surface area contributed by atoms with Gasteiger partial charge in [0, 0.05) is 6.42 Å². The molecular weight excluding hydrogens is 1130 g/mol. The van der Waals surface area contributed by atoms with E-state index in [0.717, 1.165) is 116 Å². The molecule has 0 fully saturated rings. The van der Waals surface area contributed by atoms with Gasteiger partial charge in [-0.2, -0.15) is 0 Å². The Balaban J connectivity index is 4.14. The van der Waals surface area contributed by atoms with E-state index < -0.39 is 20.0 Å². The Labute approximate surface area is 557 Å². The van der Waals surface area contributed by atoms with Gasteiger partial charge in [0.05, 0.1) is 39.9 Å². The van der Waals surface area contributed by atoms with Crippen LogP contribution in [0.4, 0.5) is 0 Å². The summed E-state index contributed by atoms with van der Waals surface area (Å²) in [7, 11) is 1.58. The summed E-state index contributed by atoms with van der Waals surface area (Å²) in [6.07, 6.45) is 106. The largest absolute Gasteiger partial charge is 0.472 e. The maximum Gasteiger partial charge on any atom is 0.472 e. The van der Waals surface area contributed by atoms with Gasteiger partial charge in [0.1, 0.15) is 13.2 Å². The zero-order chi connectivity index (χ0) is 65.5. The third-order valence-electron chi connectivity index (χ3n) is 16.4. The number of nitrogens with one attached hydrogen (secondary N) is 1. The predicted octanol–water partition coefficient (Wildman–Crippen LogP) is 24.6. The van der Waals surface area contributed by atoms with Gasteiger partial charge < -0.3 is 19.8 Å². The van der Waals surface area contributed by atoms with E-state index in [1.165, 1.54) is 180 Å². The molecule has 0 aromatic heterocycles. The average Bonchev–Trinajstić information content (AvgIpc) is 3.18. The van der Waals surface area contributed by atoms with E-state index in [0.29, 0.717) is 23.9 Å². The number of carbonyl (C=O) groups excluding carboxylic acids is 1. The second-order valence-corrected chi connectivity index (χ2v) is 27.8. The normalized spacial score (nSPS) is 14.3. The first-order valence-electron chi connectivity index (χ1n) is 37.5. The van der Waals surface area contributed by atoms with E-state index in [9.17, 15) is 19.4 Å². The zero-order valence-electron chi connectivity index (χ0n) is 59.3. The van der Waals surface area contributed by atoms with Crippen molar-refractivity contribution < 1.29 is 32.9 Å². The number of unbranched alkanes of at least 4 members (excludes halogenated alkanes) is 33. The molecule has 0 aliphatic heterocycles. The molecule has 3 unspecified atom stereocenters. The fourth-order valence-corrected chi connectivity index (χ4v) is 11.4. The highest BCUT2D eigenvalue weighted by Crippen LogP contribution is 2.43. The number of hydrogen-bond acceptors (Lipinski definition) is 5. The van der Waals surface area contributed by atoms with Crippen LogP contribution in [0, 0.1) is 0 Å². The summed E-state index contributed by atoms with van der Waals surface area (Å²) in [5.74, 6) is -0.177. The van der Waals surface area contributed by atoms with Crippen molar-refractivity contribution in [3.63, 3.8) is 0 Å². The summed E-state index contributed by atoms with van der Waals surface area (Å²) in [5, 5.41) is 14.1. The van der Waals surface area contributed by atoms with Crippen molar-refractivity contribution in [2.75, 3.05) is 40.9 Å². The van der Waals surface area contributed by atoms with E-state index in [1.807, 2.05) is 21.1 Å². The number of likely N-dealkylation sites (N-methyl/N-ethyl adjacent to an activating group) is 1. The minimum Gasteiger partial charge on any atom is -0.391 e. The first-order chi connectivity index (χ1) is 44.0. The van der Waals surface area contributed by atoms with Crippen molar-refractivity contribution >= 4 is 13.7 Å². The number of carbonyl (C=O) groups is 1. The molecule has 0 aromatic carbocycles. The Bertz CT molecular complexity index is 1930. The Kier molecular flexibility index (Phi) is 67.4. The smallest absolute Gasteiger partial charge is 0.391 e. The number of allylic oxidation sites excluding steroid dienone is 22. The molecule has 0 radical (unpaired) electrons. The van der Waals surface area contributed by atoms with Crippen LogP contribution >= 0.6 is 7.82 Å². The number of quaternary nitrogens is 1. The summed E-state index contributed by atoms with van der Waals surface area (Å²) < 4.78 is 23.9. The SMILES string of the molecule is CC/C=C\C/C=C\C/C=C\C/C=C\C/C=C\C/C=C\C/C=C\C/C=C\C/C=C\C/C=C\C/C=C\CCCCCC(=O)NC(COP(=O)(O)OCC[N+](C)(C)C)C(O)CCCCCCCCCCCCCCCCCCCCCCCCCCCCCCCCC. The maximum absolute atomic E-state index is 13.1. The molecule has 1 amide bonds. The van der Waals surface area contributed by atoms with Gasteiger partial charge >= 0.3 is 7.82 Å². The van der Waals surface area contributed by atoms with Gasteiger partial charge in [-0.15, -0.1) is 0 Å². The molecule has 0 saturated heterocycles. The minimum atomic E-state index is -4.35. The minimum absolute atomic E-state index is 0.0614. The van der Waals surface area contributed by atoms with Gasteiger partial charge in [-0.3, -0.25) is 13.8 Å². The summed E-state index contributed by atoms with van der Waals surface area (Å²) in [5.41, 5.74) is 0. The number of aliphatic hydroxyl groups is 1. The van der Waals surface area contributed by atoms with Crippen molar-refractivity contribution in [3.05, 3.63) is 134 Å². The molecule has 0 bridgehead atoms. The molecule has 0 heterocycles. The first-order valence-corrected chi connectivity index (χ1v) is 39.0. The van der Waals surface area contributed by atoms with E-state index in [-0.39, 0.29) is 19.1 Å². The lowest BCUT2D eigenvalue weighted by molar-refractivity contribution is -0.870. The standard InChI is InChI=1S/C81H143N2O6P/c1-6-8-10-12-14-16-18-20-22-24-26-28-30-32-34-36-38-39-40-41-42-43-45-47-49-51-53-55-57-59-61-63-65-67-69-71-73-75-81(85)82-79(78-89-90(86,87)88-77-76-83(3,4)5)80(84)74-72-70-68-66-64-62-60-58-56-54-52-50-48-46-44-37-35-33-31-29-27-25-23-21-19-17-15-13-11-9-7-2/h8,10,14,16,20,22,26,28,32,34,38-39,41-42,45,47,51,53,57,59,63,65,79-80,84H,6-7,9,11-13,15,17-19,21,23-25,27,29-31,33,35-37,40,43-44,46,48-50,52,54-56,58,60-62,64,66-78H2,1-5H3,(H-,82,85,86,87)/p+1/b10-8-,16-14-,22-20-,28-26-,34-32-,39-38-,42-41-,47-45-,53-51-,59-57-,65-63-. The monoisotopic (exact) mass is 1270 g/mol. The van der Waals surface area contributed by atoms with Gasteiger partial charge in [-0.1, -0.05) is 353 Å². The molecule has 8 nitrogen and oxygen atoms in total. The highest BCUT2D eigenvalue weighted by Gasteiger charge is 2.28. The molecular formula is C81H144N2O6P+. The average molecular weight is 1270 g/mol. The van der Waals surface area contributed by atoms with E-state index >= 15 is 0 Å². The number of phosphoric acid groups is 1. The number of amides is 1. The molecule has 3 N–H and O–H groups in total. The number of phosphoric ester groups is 1. The third-order valence-corrected chi connectivity index (χ3v) is 17.4. The molecule has 0 spiro atoms. The van der Waals surface area contributed by atoms with Gasteiger partial charge in [0.15, 0.2) is 0 Å². The second kappa shape index (κ2) is 70.0. The molecule has 0 aliphatic rings. The second-order valence-electron chi connectivity index (χ2n) is 26.3. The van der Waals surface area contributed by atoms with Crippen LogP contribution in [0.25, 0.3) is 0 Å². The first kappa shape index (κ1) is 86.6. The maximum atomic E-state index is 13.1. The quantitative estimate of drug-likeness (QED) is 0.0243. The van der Waals surface area contributed by atoms with Gasteiger partial charge in [-0.25, -0.2) is 4.57 Å². The van der Waals surface area contributed by atoms with Crippen LogP contribution in [-0.4, -0.2) is 73.4 Å². The van der Waals surface area contributed by atoms with Crippen molar-refractivity contribution in [3.8, 4) is 0 Å². The number of rotatable bonds is 68. The number of nitrogens with zero attached hydrogens (tertiary/aromatic N) is 1. The summed E-state index contributed by atoms with van der Waals surface area (Å²) in [6, 6.07) is -0.791. The zero-order valence-corrected chi connectivity index (χ0v) is 60.2. The van der Waals surface area contributed by atoms with E-state index in [1.54, 1.807) is 0 Å². The van der Waals surface area contributed by atoms with Crippen molar-refractivity contribution in [2.24, 2.45) is 0 Å². The molecule has 0 rings (SSSR count). The lowest BCUT2D eigenvalue weighted by atomic mass is 10.0. The molecule has 0 aliphatic carbocycles. The van der Waals surface area contributed by atoms with Crippen LogP contribution in [0.5, 0.6) is 0 Å². The molecule has 0 aromatic rings. The number of hydrogen-bond donors (Lipinski definition) is 3. The van der Waals surface area contributed by atoms with Crippen LogP contribution < -0.4 is 5.32 Å². The van der Waals surface area contributed by atoms with E-state index in [2.05, 4.69) is 153 Å². The summed E-state index contributed by atoms with van der Waals surface area (Å²) >= 11 is 0. The fraction of sp³-hybridized carbons (Fsp3) is 0.716. The van der Waals surface area contributed by atoms with Crippen LogP contribution in [0.2, 0.25) is 0 Å². The van der Waals surface area contributed by atoms with Gasteiger partial charge in [0.25, 0.3) is 0 Å². The Morgan fingerprint density at radius 3 is 0.967 bits per heavy atom. The van der Waals surface area contributed by atoms with Crippen molar-refractivity contribution in [1.82, 2.24) is 5.32 Å². The Morgan fingerprint density at radius 2 is 0.667 bits per heavy atom. The van der Waals surface area contributed by atoms with Crippen molar-refractivity contribution in [2.45, 2.75) is 334 Å². The van der Waals surface area contributed by atoms with Crippen molar-refractivity contribution in [1.29, 1.82) is 0 Å². The predicted molar refractivity (Wildman–Crippen MR) is 396 cm³/mol. The highest BCUT2D eigenvalue weighted by atomic mass is 31.2. The van der Waals surface area contributed by atoms with Crippen LogP contribution in [0.1, 0.15) is 322 Å². The summed E-state index contributed by atoms with van der Waals surface area (Å²) in [4.78, 5) is 23.5. The molecule has 9 heteroatoms. The highest BCUT2D eigenvalue weighted by molar-refractivity contribution is 7.47.